The van der Waals surface area contributed by atoms with Crippen LogP contribution in [0.3, 0.4) is 0 Å². The first-order valence-electron chi connectivity index (χ1n) is 10.1. The summed E-state index contributed by atoms with van der Waals surface area (Å²) in [5, 5.41) is 8.08. The lowest BCUT2D eigenvalue weighted by atomic mass is 9.75. The molecule has 0 amide bonds. The summed E-state index contributed by atoms with van der Waals surface area (Å²) in [5.74, 6) is -1.60. The van der Waals surface area contributed by atoms with Gasteiger partial charge in [0.1, 0.15) is 5.92 Å². The fraction of sp³-hybridized carbons (Fsp3) is 0.250. The normalized spacial score (nSPS) is 23.1. The van der Waals surface area contributed by atoms with Gasteiger partial charge in [-0.05, 0) is 30.5 Å². The van der Waals surface area contributed by atoms with Crippen molar-refractivity contribution in [1.29, 1.82) is 0 Å². The number of fused-ring (bicyclic) bond motifs is 2. The van der Waals surface area contributed by atoms with E-state index in [1.165, 1.54) is 7.11 Å². The number of ketones is 1. The van der Waals surface area contributed by atoms with E-state index >= 15 is 0 Å². The van der Waals surface area contributed by atoms with E-state index in [4.69, 9.17) is 4.74 Å². The first kappa shape index (κ1) is 18.5. The van der Waals surface area contributed by atoms with E-state index in [0.29, 0.717) is 12.0 Å². The second kappa shape index (κ2) is 7.06. The van der Waals surface area contributed by atoms with Crippen LogP contribution in [0.1, 0.15) is 24.9 Å². The highest BCUT2D eigenvalue weighted by Gasteiger charge is 2.44. The molecule has 2 heterocycles. The first-order chi connectivity index (χ1) is 14.6. The number of aromatic amines is 1. The average Bonchev–Trinajstić information content (AvgIpc) is 3.10. The van der Waals surface area contributed by atoms with Crippen molar-refractivity contribution in [2.24, 2.45) is 11.8 Å². The zero-order chi connectivity index (χ0) is 20.8. The van der Waals surface area contributed by atoms with Gasteiger partial charge in [-0.3, -0.25) is 9.59 Å². The number of rotatable bonds is 2. The maximum Gasteiger partial charge on any atom is 0.316 e. The van der Waals surface area contributed by atoms with E-state index < -0.39 is 11.9 Å². The molecule has 0 radical (unpaired) electrons. The second-order valence-electron chi connectivity index (χ2n) is 7.98. The van der Waals surface area contributed by atoms with Crippen LogP contribution in [-0.4, -0.2) is 23.8 Å². The molecule has 1 aliphatic heterocycles. The van der Waals surface area contributed by atoms with Crippen LogP contribution in [0.4, 0.5) is 11.4 Å². The molecule has 3 aromatic rings. The van der Waals surface area contributed by atoms with Crippen molar-refractivity contribution in [3.8, 4) is 0 Å². The van der Waals surface area contributed by atoms with Gasteiger partial charge in [0.05, 0.1) is 24.5 Å². The van der Waals surface area contributed by atoms with Gasteiger partial charge < -0.3 is 20.4 Å². The van der Waals surface area contributed by atoms with Crippen molar-refractivity contribution < 1.29 is 14.3 Å². The number of hydrogen-bond donors (Lipinski definition) is 3. The van der Waals surface area contributed by atoms with Crippen molar-refractivity contribution in [3.05, 3.63) is 71.6 Å². The van der Waals surface area contributed by atoms with Crippen LogP contribution in [-0.2, 0) is 14.3 Å². The molecule has 1 unspecified atom stereocenters. The van der Waals surface area contributed by atoms with Gasteiger partial charge in [-0.2, -0.15) is 0 Å². The van der Waals surface area contributed by atoms with Crippen LogP contribution >= 0.6 is 0 Å². The molecular formula is C24H23N3O3. The molecule has 2 aliphatic rings. The quantitative estimate of drug-likeness (QED) is 0.438. The molecular weight excluding hydrogens is 378 g/mol. The first-order valence-corrected chi connectivity index (χ1v) is 10.1. The SMILES string of the molecule is COC(=O)C1C(=O)C2=C(C[C@@H]1C)Nc1ccccc1N[C@H]2c1c[nH]c2ccccc12. The van der Waals surface area contributed by atoms with Gasteiger partial charge in [-0.15, -0.1) is 0 Å². The molecule has 30 heavy (non-hydrogen) atoms. The second-order valence-corrected chi connectivity index (χ2v) is 7.98. The highest BCUT2D eigenvalue weighted by atomic mass is 16.5. The summed E-state index contributed by atoms with van der Waals surface area (Å²) in [4.78, 5) is 29.4. The number of para-hydroxylation sites is 3. The highest BCUT2D eigenvalue weighted by Crippen LogP contribution is 2.44. The Morgan fingerprint density at radius 3 is 2.60 bits per heavy atom. The fourth-order valence-electron chi connectivity index (χ4n) is 4.70. The van der Waals surface area contributed by atoms with Crippen LogP contribution in [0.25, 0.3) is 10.9 Å². The molecule has 0 saturated carbocycles. The number of aromatic nitrogens is 1. The Bertz CT molecular complexity index is 1190. The Labute approximate surface area is 174 Å². The number of anilines is 2. The molecule has 0 saturated heterocycles. The summed E-state index contributed by atoms with van der Waals surface area (Å²) < 4.78 is 4.97. The number of H-pyrrole nitrogens is 1. The number of carbonyl (C=O) groups excluding carboxylic acids is 2. The minimum Gasteiger partial charge on any atom is -0.468 e. The Kier molecular flexibility index (Phi) is 4.35. The number of esters is 1. The maximum absolute atomic E-state index is 13.7. The lowest BCUT2D eigenvalue weighted by Crippen LogP contribution is -2.39. The molecule has 6 nitrogen and oxygen atoms in total. The van der Waals surface area contributed by atoms with E-state index in [0.717, 1.165) is 33.5 Å². The lowest BCUT2D eigenvalue weighted by Gasteiger charge is -2.32. The number of carbonyl (C=O) groups is 2. The monoisotopic (exact) mass is 401 g/mol. The van der Waals surface area contributed by atoms with Gasteiger partial charge in [0, 0.05) is 33.9 Å². The van der Waals surface area contributed by atoms with E-state index in [-0.39, 0.29) is 17.7 Å². The number of Topliss-reactive ketones (excluding diaryl/α,β-unsaturated/α-hetero) is 1. The van der Waals surface area contributed by atoms with Gasteiger partial charge in [-0.25, -0.2) is 0 Å². The van der Waals surface area contributed by atoms with Crippen molar-refractivity contribution in [3.63, 3.8) is 0 Å². The largest absolute Gasteiger partial charge is 0.468 e. The summed E-state index contributed by atoms with van der Waals surface area (Å²) in [6.45, 7) is 1.93. The average molecular weight is 401 g/mol. The number of ether oxygens (including phenoxy) is 1. The van der Waals surface area contributed by atoms with E-state index in [9.17, 15) is 9.59 Å². The lowest BCUT2D eigenvalue weighted by molar-refractivity contribution is -0.151. The van der Waals surface area contributed by atoms with Gasteiger partial charge in [0.15, 0.2) is 5.78 Å². The Morgan fingerprint density at radius 1 is 1.07 bits per heavy atom. The van der Waals surface area contributed by atoms with Gasteiger partial charge >= 0.3 is 5.97 Å². The summed E-state index contributed by atoms with van der Waals surface area (Å²) in [5.41, 5.74) is 5.28. The third-order valence-electron chi connectivity index (χ3n) is 6.16. The molecule has 6 heteroatoms. The molecule has 3 N–H and O–H groups in total. The van der Waals surface area contributed by atoms with Gasteiger partial charge in [-0.1, -0.05) is 37.3 Å². The van der Waals surface area contributed by atoms with Crippen LogP contribution in [0.5, 0.6) is 0 Å². The van der Waals surface area contributed by atoms with E-state index in [1.54, 1.807) is 0 Å². The van der Waals surface area contributed by atoms with Crippen molar-refractivity contribution in [1.82, 2.24) is 4.98 Å². The summed E-state index contributed by atoms with van der Waals surface area (Å²) >= 11 is 0. The third-order valence-corrected chi connectivity index (χ3v) is 6.16. The fourth-order valence-corrected chi connectivity index (χ4v) is 4.70. The number of hydrogen-bond acceptors (Lipinski definition) is 5. The predicted octanol–water partition coefficient (Wildman–Crippen LogP) is 4.40. The van der Waals surface area contributed by atoms with Crippen molar-refractivity contribution >= 4 is 34.0 Å². The number of allylic oxidation sites excluding steroid dienone is 1. The number of methoxy groups -OCH3 is 1. The molecule has 3 atom stereocenters. The highest BCUT2D eigenvalue weighted by molar-refractivity contribution is 6.11. The minimum atomic E-state index is -0.800. The Balaban J connectivity index is 1.71. The topological polar surface area (TPSA) is 83.2 Å². The Morgan fingerprint density at radius 2 is 1.80 bits per heavy atom. The number of benzene rings is 2. The zero-order valence-electron chi connectivity index (χ0n) is 16.9. The molecule has 1 aromatic heterocycles. The Hall–Kier alpha value is -3.54. The third kappa shape index (κ3) is 2.79. The molecule has 2 aromatic carbocycles. The van der Waals surface area contributed by atoms with E-state index in [2.05, 4.69) is 15.6 Å². The van der Waals surface area contributed by atoms with Crippen LogP contribution in [0.2, 0.25) is 0 Å². The predicted molar refractivity (Wildman–Crippen MR) is 116 cm³/mol. The van der Waals surface area contributed by atoms with Gasteiger partial charge in [0.25, 0.3) is 0 Å². The summed E-state index contributed by atoms with van der Waals surface area (Å²) in [6.07, 6.45) is 2.54. The van der Waals surface area contributed by atoms with Crippen molar-refractivity contribution in [2.45, 2.75) is 19.4 Å². The molecule has 152 valence electrons. The molecule has 0 bridgehead atoms. The van der Waals surface area contributed by atoms with Crippen molar-refractivity contribution in [2.75, 3.05) is 17.7 Å². The smallest absolute Gasteiger partial charge is 0.316 e. The van der Waals surface area contributed by atoms with Crippen LogP contribution < -0.4 is 10.6 Å². The van der Waals surface area contributed by atoms with Gasteiger partial charge in [0.2, 0.25) is 0 Å². The molecule has 5 rings (SSSR count). The summed E-state index contributed by atoms with van der Waals surface area (Å²) in [6, 6.07) is 15.5. The minimum absolute atomic E-state index is 0.148. The molecule has 1 aliphatic carbocycles. The molecule has 0 fully saturated rings. The summed E-state index contributed by atoms with van der Waals surface area (Å²) in [7, 11) is 1.34. The zero-order valence-corrected chi connectivity index (χ0v) is 16.9. The molecule has 0 spiro atoms. The standard InChI is InChI=1S/C24H23N3O3/c1-13-11-19-21(23(28)20(13)24(29)30-2)22(27-18-10-6-5-9-17(18)26-19)15-12-25-16-8-4-3-7-14(15)16/h3-10,12-13,20,22,25-27H,11H2,1-2H3/t13-,20?,22-/m0/s1. The maximum atomic E-state index is 13.7. The van der Waals surface area contributed by atoms with Crippen LogP contribution in [0.15, 0.2) is 66.0 Å². The van der Waals surface area contributed by atoms with E-state index in [1.807, 2.05) is 61.7 Å². The van der Waals surface area contributed by atoms with Crippen LogP contribution in [0, 0.1) is 11.8 Å². The number of nitrogens with one attached hydrogen (secondary N) is 3.